The molecule has 2 aromatic heterocycles. The average Bonchev–Trinajstić information content (AvgIpc) is 3.80. The van der Waals surface area contributed by atoms with E-state index in [1.807, 2.05) is 58.0 Å². The third-order valence-corrected chi connectivity index (χ3v) is 6.50. The number of Topliss-reactive ketones (excluding diaryl/α,β-unsaturated/α-hetero) is 1. The molecule has 0 radical (unpaired) electrons. The van der Waals surface area contributed by atoms with E-state index in [0.29, 0.717) is 18.1 Å². The molecule has 1 aromatic carbocycles. The summed E-state index contributed by atoms with van der Waals surface area (Å²) in [7, 11) is 7.42. The summed E-state index contributed by atoms with van der Waals surface area (Å²) in [4.78, 5) is 34.1. The number of hydrogen-bond donors (Lipinski definition) is 2. The van der Waals surface area contributed by atoms with Gasteiger partial charge in [0, 0.05) is 24.6 Å². The smallest absolute Gasteiger partial charge is 0.223 e. The lowest BCUT2D eigenvalue weighted by atomic mass is 10.1. The van der Waals surface area contributed by atoms with Gasteiger partial charge in [-0.25, -0.2) is 9.97 Å². The quantitative estimate of drug-likeness (QED) is 0.160. The predicted molar refractivity (Wildman–Crippen MR) is 182 cm³/mol. The SMILES string of the molecule is C#C.C=O.CC.CCC(=O)CCCCCCc1ncc(-c2cc3ccccc3nc2OC)[nH]1.CN.CN(C)CCC1CC1. The zero-order chi connectivity index (χ0) is 33.0. The Morgan fingerprint density at radius 1 is 1.09 bits per heavy atom. The number of nitrogens with zero attached hydrogens (tertiary/aromatic N) is 3. The zero-order valence-electron chi connectivity index (χ0n) is 27.8. The highest BCUT2D eigenvalue weighted by molar-refractivity contribution is 5.85. The number of H-pyrrole nitrogens is 1. The number of nitrogens with two attached hydrogens (primary N) is 1. The number of terminal acetylenes is 1. The van der Waals surface area contributed by atoms with Crippen molar-refractivity contribution in [3.05, 3.63) is 42.4 Å². The summed E-state index contributed by atoms with van der Waals surface area (Å²) < 4.78 is 5.48. The van der Waals surface area contributed by atoms with Gasteiger partial charge in [0.25, 0.3) is 0 Å². The highest BCUT2D eigenvalue weighted by Gasteiger charge is 2.20. The van der Waals surface area contributed by atoms with E-state index in [1.165, 1.54) is 32.9 Å². The van der Waals surface area contributed by atoms with Gasteiger partial charge in [-0.2, -0.15) is 0 Å². The van der Waals surface area contributed by atoms with Crippen molar-refractivity contribution in [1.82, 2.24) is 19.9 Å². The molecule has 4 rings (SSSR count). The first-order valence-corrected chi connectivity index (χ1v) is 15.3. The fourth-order valence-electron chi connectivity index (χ4n) is 4.07. The lowest BCUT2D eigenvalue weighted by molar-refractivity contribution is -0.118. The number of ether oxygens (including phenoxy) is 1. The molecule has 0 unspecified atom stereocenters. The van der Waals surface area contributed by atoms with Crippen molar-refractivity contribution < 1.29 is 14.3 Å². The molecule has 1 aliphatic carbocycles. The van der Waals surface area contributed by atoms with Crippen molar-refractivity contribution in [3.8, 4) is 30.0 Å². The number of unbranched alkanes of at least 4 members (excludes halogenated alkanes) is 3. The molecule has 1 fully saturated rings. The second-order valence-electron chi connectivity index (χ2n) is 9.82. The zero-order valence-corrected chi connectivity index (χ0v) is 27.8. The van der Waals surface area contributed by atoms with Gasteiger partial charge in [-0.15, -0.1) is 12.8 Å². The Hall–Kier alpha value is -3.54. The van der Waals surface area contributed by atoms with Crippen LogP contribution in [0.4, 0.5) is 0 Å². The first-order valence-electron chi connectivity index (χ1n) is 15.3. The topological polar surface area (TPSA) is 114 Å². The van der Waals surface area contributed by atoms with E-state index in [4.69, 9.17) is 9.53 Å². The first-order chi connectivity index (χ1) is 21.0. The number of fused-ring (bicyclic) bond motifs is 1. The van der Waals surface area contributed by atoms with Gasteiger partial charge in [-0.3, -0.25) is 4.79 Å². The predicted octanol–water partition coefficient (Wildman–Crippen LogP) is 7.12. The number of nitrogens with one attached hydrogen (secondary N) is 1. The Bertz CT molecular complexity index is 1120. The molecule has 43 heavy (non-hydrogen) atoms. The van der Waals surface area contributed by atoms with Crippen LogP contribution in [-0.4, -0.2) is 67.2 Å². The maximum atomic E-state index is 11.3. The molecular formula is C35H57N5O3. The van der Waals surface area contributed by atoms with Crippen LogP contribution >= 0.6 is 0 Å². The van der Waals surface area contributed by atoms with Crippen molar-refractivity contribution in [2.75, 3.05) is 34.8 Å². The van der Waals surface area contributed by atoms with E-state index in [1.54, 1.807) is 7.11 Å². The molecule has 1 saturated carbocycles. The Balaban J connectivity index is 0. The standard InChI is InChI=1S/C22H27N3O2.C7H15N.C2H6.C2H2.CH5N.CH2O/c1-3-17(26)11-6-4-5-7-13-21-23-15-20(24-21)18-14-16-10-8-9-12-19(16)25-22(18)27-2;1-8(2)6-5-7-3-4-7;4*1-2/h8-10,12,14-15H,3-7,11,13H2,1-2H3,(H,23,24);7H,3-6H2,1-2H3;1-2H3;1-2H;2H2,1H3;1H2. The van der Waals surface area contributed by atoms with Gasteiger partial charge >= 0.3 is 0 Å². The van der Waals surface area contributed by atoms with Crippen LogP contribution in [0, 0.1) is 18.8 Å². The molecule has 2 heterocycles. The highest BCUT2D eigenvalue weighted by Crippen LogP contribution is 2.32. The van der Waals surface area contributed by atoms with Crippen LogP contribution in [0.25, 0.3) is 22.2 Å². The average molecular weight is 596 g/mol. The monoisotopic (exact) mass is 595 g/mol. The van der Waals surface area contributed by atoms with E-state index >= 15 is 0 Å². The van der Waals surface area contributed by atoms with Crippen LogP contribution in [0.3, 0.4) is 0 Å². The van der Waals surface area contributed by atoms with Crippen molar-refractivity contribution in [3.63, 3.8) is 0 Å². The first kappa shape index (κ1) is 41.6. The van der Waals surface area contributed by atoms with Gasteiger partial charge in [0.2, 0.25) is 5.88 Å². The number of pyridine rings is 1. The molecule has 3 N–H and O–H groups in total. The van der Waals surface area contributed by atoms with Crippen molar-refractivity contribution in [1.29, 1.82) is 0 Å². The molecule has 8 heteroatoms. The van der Waals surface area contributed by atoms with E-state index in [2.05, 4.69) is 58.6 Å². The largest absolute Gasteiger partial charge is 0.480 e. The molecule has 3 aromatic rings. The maximum Gasteiger partial charge on any atom is 0.223 e. The number of hydrogen-bond acceptors (Lipinski definition) is 7. The van der Waals surface area contributed by atoms with Crippen molar-refractivity contribution >= 4 is 23.5 Å². The summed E-state index contributed by atoms with van der Waals surface area (Å²) in [5.74, 6) is 3.04. The van der Waals surface area contributed by atoms with Gasteiger partial charge in [0.05, 0.1) is 30.1 Å². The summed E-state index contributed by atoms with van der Waals surface area (Å²) in [6.07, 6.45) is 20.8. The summed E-state index contributed by atoms with van der Waals surface area (Å²) >= 11 is 0. The van der Waals surface area contributed by atoms with E-state index in [-0.39, 0.29) is 0 Å². The maximum absolute atomic E-state index is 11.3. The van der Waals surface area contributed by atoms with Crippen LogP contribution in [-0.2, 0) is 16.0 Å². The molecule has 1 aliphatic rings. The molecule has 0 spiro atoms. The van der Waals surface area contributed by atoms with Crippen LogP contribution in [0.15, 0.2) is 36.5 Å². The second-order valence-corrected chi connectivity index (χ2v) is 9.82. The van der Waals surface area contributed by atoms with Crippen LogP contribution < -0.4 is 10.5 Å². The highest BCUT2D eigenvalue weighted by atomic mass is 16.5. The third kappa shape index (κ3) is 17.9. The van der Waals surface area contributed by atoms with Crippen LogP contribution in [0.5, 0.6) is 5.88 Å². The number of rotatable bonds is 13. The molecule has 0 atom stereocenters. The van der Waals surface area contributed by atoms with Gasteiger partial charge in [0.1, 0.15) is 18.4 Å². The number of aromatic nitrogens is 3. The number of carbonyl (C=O) groups is 2. The van der Waals surface area contributed by atoms with Crippen molar-refractivity contribution in [2.45, 2.75) is 85.0 Å². The lowest BCUT2D eigenvalue weighted by Gasteiger charge is -2.07. The summed E-state index contributed by atoms with van der Waals surface area (Å²) in [5.41, 5.74) is 7.26. The Labute approximate surface area is 261 Å². The van der Waals surface area contributed by atoms with Gasteiger partial charge in [-0.1, -0.05) is 64.7 Å². The van der Waals surface area contributed by atoms with Crippen molar-refractivity contribution in [2.24, 2.45) is 11.7 Å². The van der Waals surface area contributed by atoms with E-state index in [9.17, 15) is 4.79 Å². The van der Waals surface area contributed by atoms with Crippen LogP contribution in [0.2, 0.25) is 0 Å². The molecule has 0 saturated heterocycles. The number of aromatic amines is 1. The number of para-hydroxylation sites is 1. The number of ketones is 1. The molecule has 240 valence electrons. The fourth-order valence-corrected chi connectivity index (χ4v) is 4.07. The number of aryl methyl sites for hydroxylation is 1. The number of methoxy groups -OCH3 is 1. The Morgan fingerprint density at radius 2 is 1.72 bits per heavy atom. The molecule has 0 aliphatic heterocycles. The van der Waals surface area contributed by atoms with Gasteiger partial charge in [0.15, 0.2) is 0 Å². The number of carbonyl (C=O) groups excluding carboxylic acids is 2. The molecule has 8 nitrogen and oxygen atoms in total. The minimum atomic E-state index is 0.364. The van der Waals surface area contributed by atoms with Gasteiger partial charge < -0.3 is 25.1 Å². The van der Waals surface area contributed by atoms with E-state index in [0.717, 1.165) is 72.4 Å². The lowest BCUT2D eigenvalue weighted by Crippen LogP contribution is -2.13. The number of imidazole rings is 1. The minimum Gasteiger partial charge on any atom is -0.480 e. The van der Waals surface area contributed by atoms with E-state index < -0.39 is 0 Å². The summed E-state index contributed by atoms with van der Waals surface area (Å²) in [5, 5.41) is 1.08. The summed E-state index contributed by atoms with van der Waals surface area (Å²) in [6, 6.07) is 10.1. The number of benzene rings is 1. The Kier molecular flexibility index (Phi) is 26.4. The molecular weight excluding hydrogens is 538 g/mol. The molecule has 0 bridgehead atoms. The summed E-state index contributed by atoms with van der Waals surface area (Å²) in [6.45, 7) is 9.21. The normalized spacial score (nSPS) is 11.0. The van der Waals surface area contributed by atoms with Gasteiger partial charge in [-0.05, 0) is 65.0 Å². The minimum absolute atomic E-state index is 0.364. The fraction of sp³-hybridized carbons (Fsp3) is 0.543. The third-order valence-electron chi connectivity index (χ3n) is 6.50. The Morgan fingerprint density at radius 3 is 2.30 bits per heavy atom. The van der Waals surface area contributed by atoms with Crippen LogP contribution in [0.1, 0.15) is 84.4 Å². The molecule has 0 amide bonds. The second kappa shape index (κ2) is 27.3.